The lowest BCUT2D eigenvalue weighted by atomic mass is 10.5. The van der Waals surface area contributed by atoms with Crippen molar-refractivity contribution < 1.29 is 8.42 Å². The number of imidazole rings is 1. The molecule has 0 aliphatic carbocycles. The molecule has 0 bridgehead atoms. The van der Waals surface area contributed by atoms with E-state index in [-0.39, 0.29) is 11.5 Å². The van der Waals surface area contributed by atoms with Crippen LogP contribution in [0.2, 0.25) is 0 Å². The second-order valence-electron chi connectivity index (χ2n) is 3.03. The first-order valence-corrected chi connectivity index (χ1v) is 6.32. The van der Waals surface area contributed by atoms with Crippen molar-refractivity contribution in [3.63, 3.8) is 0 Å². The van der Waals surface area contributed by atoms with E-state index in [1.807, 2.05) is 6.92 Å². The van der Waals surface area contributed by atoms with Gasteiger partial charge in [0.15, 0.2) is 15.8 Å². The van der Waals surface area contributed by atoms with Crippen LogP contribution in [-0.4, -0.2) is 23.7 Å². The van der Waals surface area contributed by atoms with E-state index < -0.39 is 9.84 Å². The predicted molar refractivity (Wildman–Crippen MR) is 55.5 cm³/mol. The van der Waals surface area contributed by atoms with E-state index in [9.17, 15) is 8.42 Å². The summed E-state index contributed by atoms with van der Waals surface area (Å²) in [5, 5.41) is 0. The van der Waals surface area contributed by atoms with Gasteiger partial charge in [-0.2, -0.15) is 0 Å². The van der Waals surface area contributed by atoms with Gasteiger partial charge in [-0.3, -0.25) is 0 Å². The Labute approximate surface area is 83.9 Å². The minimum atomic E-state index is -3.01. The van der Waals surface area contributed by atoms with E-state index in [0.29, 0.717) is 18.2 Å². The lowest BCUT2D eigenvalue weighted by molar-refractivity contribution is 0.593. The first-order chi connectivity index (χ1) is 6.50. The molecule has 0 saturated carbocycles. The van der Waals surface area contributed by atoms with E-state index >= 15 is 0 Å². The van der Waals surface area contributed by atoms with Gasteiger partial charge in [0.25, 0.3) is 0 Å². The Balaban J connectivity index is 2.98. The quantitative estimate of drug-likeness (QED) is 0.792. The zero-order valence-corrected chi connectivity index (χ0v) is 9.21. The Morgan fingerprint density at radius 1 is 1.50 bits per heavy atom. The van der Waals surface area contributed by atoms with Gasteiger partial charge in [-0.25, -0.2) is 13.4 Å². The van der Waals surface area contributed by atoms with Crippen molar-refractivity contribution >= 4 is 15.8 Å². The molecule has 1 rings (SSSR count). The molecule has 1 aromatic heterocycles. The average molecular weight is 217 g/mol. The van der Waals surface area contributed by atoms with E-state index in [2.05, 4.69) is 4.98 Å². The van der Waals surface area contributed by atoms with Crippen molar-refractivity contribution in [1.82, 2.24) is 9.55 Å². The van der Waals surface area contributed by atoms with Gasteiger partial charge in [0.2, 0.25) is 0 Å². The summed E-state index contributed by atoms with van der Waals surface area (Å²) >= 11 is 0. The van der Waals surface area contributed by atoms with Crippen LogP contribution in [0.4, 0.5) is 5.95 Å². The lowest BCUT2D eigenvalue weighted by Gasteiger charge is -2.06. The second-order valence-corrected chi connectivity index (χ2v) is 5.38. The van der Waals surface area contributed by atoms with Crippen LogP contribution in [0.3, 0.4) is 0 Å². The molecule has 0 aromatic carbocycles. The lowest BCUT2D eigenvalue weighted by Crippen LogP contribution is -2.12. The van der Waals surface area contributed by atoms with Gasteiger partial charge < -0.3 is 10.3 Å². The van der Waals surface area contributed by atoms with Crippen LogP contribution >= 0.6 is 0 Å². The molecule has 1 aromatic rings. The first-order valence-electron chi connectivity index (χ1n) is 4.50. The van der Waals surface area contributed by atoms with Gasteiger partial charge in [-0.15, -0.1) is 0 Å². The van der Waals surface area contributed by atoms with Gasteiger partial charge in [0.05, 0.1) is 17.6 Å². The van der Waals surface area contributed by atoms with Crippen LogP contribution in [0.5, 0.6) is 0 Å². The van der Waals surface area contributed by atoms with E-state index in [4.69, 9.17) is 5.73 Å². The SMILES string of the molecule is CCn1c(CS(=O)(=O)CC)cnc1N. The highest BCUT2D eigenvalue weighted by atomic mass is 32.2. The fourth-order valence-corrected chi connectivity index (χ4v) is 2.12. The number of hydrogen-bond acceptors (Lipinski definition) is 4. The third-order valence-electron chi connectivity index (χ3n) is 2.09. The van der Waals surface area contributed by atoms with Crippen LogP contribution in [0.1, 0.15) is 19.5 Å². The maximum absolute atomic E-state index is 11.4. The van der Waals surface area contributed by atoms with Crippen molar-refractivity contribution in [1.29, 1.82) is 0 Å². The standard InChI is InChI=1S/C8H15N3O2S/c1-3-11-7(5-10-8(11)9)6-14(12,13)4-2/h5H,3-4,6H2,1-2H3,(H2,9,10). The minimum Gasteiger partial charge on any atom is -0.369 e. The van der Waals surface area contributed by atoms with Crippen LogP contribution < -0.4 is 5.73 Å². The Kier molecular flexibility index (Phi) is 3.15. The topological polar surface area (TPSA) is 78.0 Å². The van der Waals surface area contributed by atoms with Gasteiger partial charge in [0.1, 0.15) is 0 Å². The molecule has 2 N–H and O–H groups in total. The molecule has 80 valence electrons. The van der Waals surface area contributed by atoms with Gasteiger partial charge in [-0.05, 0) is 6.92 Å². The molecule has 6 heteroatoms. The van der Waals surface area contributed by atoms with Gasteiger partial charge in [0, 0.05) is 12.3 Å². The zero-order valence-electron chi connectivity index (χ0n) is 8.40. The molecule has 0 atom stereocenters. The smallest absolute Gasteiger partial charge is 0.200 e. The number of rotatable bonds is 4. The molecule has 0 spiro atoms. The van der Waals surface area contributed by atoms with Gasteiger partial charge in [-0.1, -0.05) is 6.92 Å². The number of nitrogen functional groups attached to an aromatic ring is 1. The second kappa shape index (κ2) is 4.00. The van der Waals surface area contributed by atoms with Crippen LogP contribution in [0.25, 0.3) is 0 Å². The molecule has 1 heterocycles. The Hall–Kier alpha value is -1.04. The van der Waals surface area contributed by atoms with Crippen molar-refractivity contribution in [2.45, 2.75) is 26.1 Å². The van der Waals surface area contributed by atoms with Crippen molar-refractivity contribution in [3.05, 3.63) is 11.9 Å². The molecule has 0 saturated heterocycles. The molecule has 0 unspecified atom stereocenters. The molecule has 5 nitrogen and oxygen atoms in total. The van der Waals surface area contributed by atoms with Crippen molar-refractivity contribution in [2.75, 3.05) is 11.5 Å². The normalized spacial score (nSPS) is 11.9. The molecule has 0 fully saturated rings. The van der Waals surface area contributed by atoms with Crippen LogP contribution in [0, 0.1) is 0 Å². The molecule has 0 aliphatic heterocycles. The molecule has 14 heavy (non-hydrogen) atoms. The number of hydrogen-bond donors (Lipinski definition) is 1. The van der Waals surface area contributed by atoms with Crippen LogP contribution in [0.15, 0.2) is 6.20 Å². The molecular weight excluding hydrogens is 202 g/mol. The monoisotopic (exact) mass is 217 g/mol. The van der Waals surface area contributed by atoms with Crippen molar-refractivity contribution in [2.24, 2.45) is 0 Å². The summed E-state index contributed by atoms with van der Waals surface area (Å²) < 4.78 is 24.4. The van der Waals surface area contributed by atoms with E-state index in [1.165, 1.54) is 6.20 Å². The summed E-state index contributed by atoms with van der Waals surface area (Å²) in [6.07, 6.45) is 1.52. The summed E-state index contributed by atoms with van der Waals surface area (Å²) in [4.78, 5) is 3.88. The van der Waals surface area contributed by atoms with Crippen molar-refractivity contribution in [3.8, 4) is 0 Å². The Bertz CT molecular complexity index is 408. The molecule has 0 radical (unpaired) electrons. The maximum Gasteiger partial charge on any atom is 0.200 e. The van der Waals surface area contributed by atoms with E-state index in [0.717, 1.165) is 0 Å². The highest BCUT2D eigenvalue weighted by molar-refractivity contribution is 7.90. The summed E-state index contributed by atoms with van der Waals surface area (Å²) in [6, 6.07) is 0. The Morgan fingerprint density at radius 3 is 2.64 bits per heavy atom. The number of nitrogens with zero attached hydrogens (tertiary/aromatic N) is 2. The predicted octanol–water partition coefficient (Wildman–Crippen LogP) is 0.420. The third kappa shape index (κ3) is 2.25. The molecular formula is C8H15N3O2S. The number of sulfone groups is 1. The average Bonchev–Trinajstić information content (AvgIpc) is 2.46. The number of aromatic nitrogens is 2. The van der Waals surface area contributed by atoms with Gasteiger partial charge >= 0.3 is 0 Å². The summed E-state index contributed by atoms with van der Waals surface area (Å²) in [6.45, 7) is 4.17. The summed E-state index contributed by atoms with van der Waals surface area (Å²) in [7, 11) is -3.01. The minimum absolute atomic E-state index is 0.0154. The zero-order chi connectivity index (χ0) is 10.8. The molecule has 0 aliphatic rings. The highest BCUT2D eigenvalue weighted by Gasteiger charge is 2.13. The van der Waals surface area contributed by atoms with E-state index in [1.54, 1.807) is 11.5 Å². The summed E-state index contributed by atoms with van der Waals surface area (Å²) in [5.41, 5.74) is 6.23. The maximum atomic E-state index is 11.4. The first kappa shape index (κ1) is 11.0. The largest absolute Gasteiger partial charge is 0.369 e. The fourth-order valence-electron chi connectivity index (χ4n) is 1.23. The number of anilines is 1. The highest BCUT2D eigenvalue weighted by Crippen LogP contribution is 2.11. The van der Waals surface area contributed by atoms with Crippen LogP contribution in [-0.2, 0) is 22.1 Å². The summed E-state index contributed by atoms with van der Waals surface area (Å²) in [5.74, 6) is 0.525. The molecule has 0 amide bonds. The Morgan fingerprint density at radius 2 is 2.14 bits per heavy atom. The third-order valence-corrected chi connectivity index (χ3v) is 3.71. The number of nitrogens with two attached hydrogens (primary N) is 1. The fraction of sp³-hybridized carbons (Fsp3) is 0.625.